The SMILES string of the molecule is CN(C)C1(CNC(=O)C[C@@H]2CCc3ccccc32)CCOCC1. The van der Waals surface area contributed by atoms with Gasteiger partial charge >= 0.3 is 0 Å². The summed E-state index contributed by atoms with van der Waals surface area (Å²) in [4.78, 5) is 14.7. The molecule has 0 aromatic heterocycles. The molecular formula is C19H28N2O2. The third-order valence-corrected chi connectivity index (χ3v) is 5.68. The maximum absolute atomic E-state index is 12.5. The lowest BCUT2D eigenvalue weighted by Crippen LogP contribution is -2.55. The lowest BCUT2D eigenvalue weighted by Gasteiger charge is -2.42. The minimum atomic E-state index is 0.0431. The second-order valence-electron chi connectivity index (χ2n) is 7.15. The largest absolute Gasteiger partial charge is 0.381 e. The maximum Gasteiger partial charge on any atom is 0.220 e. The van der Waals surface area contributed by atoms with Crippen molar-refractivity contribution in [1.29, 1.82) is 0 Å². The highest BCUT2D eigenvalue weighted by atomic mass is 16.5. The highest BCUT2D eigenvalue weighted by Gasteiger charge is 2.35. The standard InChI is InChI=1S/C19H28N2O2/c1-21(2)19(9-11-23-12-10-19)14-20-18(22)13-16-8-7-15-5-3-4-6-17(15)16/h3-6,16H,7-14H2,1-2H3,(H,20,22)/t16-/m0/s1. The van der Waals surface area contributed by atoms with Crippen LogP contribution in [0.5, 0.6) is 0 Å². The number of carbonyl (C=O) groups excluding carboxylic acids is 1. The molecule has 1 N–H and O–H groups in total. The summed E-state index contributed by atoms with van der Waals surface area (Å²) in [7, 11) is 4.20. The van der Waals surface area contributed by atoms with Crippen LogP contribution < -0.4 is 5.32 Å². The Labute approximate surface area is 139 Å². The number of carbonyl (C=O) groups is 1. The summed E-state index contributed by atoms with van der Waals surface area (Å²) in [5, 5.41) is 3.20. The number of rotatable bonds is 5. The Bertz CT molecular complexity index is 550. The molecule has 4 nitrogen and oxygen atoms in total. The molecular weight excluding hydrogens is 288 g/mol. The molecule has 0 unspecified atom stereocenters. The Morgan fingerprint density at radius 3 is 2.78 bits per heavy atom. The number of likely N-dealkylation sites (N-methyl/N-ethyl adjacent to an activating group) is 1. The molecule has 1 atom stereocenters. The van der Waals surface area contributed by atoms with Crippen LogP contribution in [0.15, 0.2) is 24.3 Å². The fraction of sp³-hybridized carbons (Fsp3) is 0.632. The number of nitrogens with one attached hydrogen (secondary N) is 1. The first-order valence-electron chi connectivity index (χ1n) is 8.70. The predicted molar refractivity (Wildman–Crippen MR) is 91.6 cm³/mol. The van der Waals surface area contributed by atoms with Gasteiger partial charge in [0.1, 0.15) is 0 Å². The second-order valence-corrected chi connectivity index (χ2v) is 7.15. The molecule has 0 saturated carbocycles. The highest BCUT2D eigenvalue weighted by Crippen LogP contribution is 2.35. The van der Waals surface area contributed by atoms with E-state index in [1.54, 1.807) is 0 Å². The number of nitrogens with zero attached hydrogens (tertiary/aromatic N) is 1. The van der Waals surface area contributed by atoms with Gasteiger partial charge in [-0.2, -0.15) is 0 Å². The summed E-state index contributed by atoms with van der Waals surface area (Å²) in [6, 6.07) is 8.54. The van der Waals surface area contributed by atoms with E-state index in [1.165, 1.54) is 11.1 Å². The molecule has 4 heteroatoms. The van der Waals surface area contributed by atoms with Gasteiger partial charge in [0.15, 0.2) is 0 Å². The summed E-state index contributed by atoms with van der Waals surface area (Å²) >= 11 is 0. The first kappa shape index (κ1) is 16.5. The lowest BCUT2D eigenvalue weighted by molar-refractivity contribution is -0.122. The minimum Gasteiger partial charge on any atom is -0.381 e. The molecule has 0 spiro atoms. The third-order valence-electron chi connectivity index (χ3n) is 5.68. The number of hydrogen-bond acceptors (Lipinski definition) is 3. The molecule has 1 aromatic rings. The van der Waals surface area contributed by atoms with Crippen molar-refractivity contribution < 1.29 is 9.53 Å². The van der Waals surface area contributed by atoms with Crippen molar-refractivity contribution in [2.75, 3.05) is 33.9 Å². The van der Waals surface area contributed by atoms with Crippen molar-refractivity contribution in [2.24, 2.45) is 0 Å². The van der Waals surface area contributed by atoms with Gasteiger partial charge in [-0.3, -0.25) is 4.79 Å². The topological polar surface area (TPSA) is 41.6 Å². The number of aryl methyl sites for hydroxylation is 1. The lowest BCUT2D eigenvalue weighted by atomic mass is 9.88. The van der Waals surface area contributed by atoms with Crippen LogP contribution in [0.1, 0.15) is 42.7 Å². The minimum absolute atomic E-state index is 0.0431. The second kappa shape index (κ2) is 7.02. The summed E-state index contributed by atoms with van der Waals surface area (Å²) in [5.74, 6) is 0.565. The Morgan fingerprint density at radius 1 is 1.30 bits per heavy atom. The van der Waals surface area contributed by atoms with E-state index in [1.807, 2.05) is 0 Å². The zero-order valence-electron chi connectivity index (χ0n) is 14.3. The summed E-state index contributed by atoms with van der Waals surface area (Å²) in [5.41, 5.74) is 2.83. The molecule has 126 valence electrons. The first-order valence-corrected chi connectivity index (χ1v) is 8.70. The van der Waals surface area contributed by atoms with Crippen molar-refractivity contribution in [3.8, 4) is 0 Å². The van der Waals surface area contributed by atoms with Crippen molar-refractivity contribution in [3.05, 3.63) is 35.4 Å². The van der Waals surface area contributed by atoms with Gasteiger partial charge in [0.2, 0.25) is 5.91 Å². The summed E-state index contributed by atoms with van der Waals surface area (Å²) in [6.45, 7) is 2.28. The van der Waals surface area contributed by atoms with Crippen LogP contribution in [-0.2, 0) is 16.0 Å². The van der Waals surface area contributed by atoms with E-state index >= 15 is 0 Å². The third kappa shape index (κ3) is 3.59. The van der Waals surface area contributed by atoms with Crippen molar-refractivity contribution in [2.45, 2.75) is 43.6 Å². The molecule has 1 heterocycles. The van der Waals surface area contributed by atoms with Crippen LogP contribution in [0.2, 0.25) is 0 Å². The van der Waals surface area contributed by atoms with Gasteiger partial charge in [-0.05, 0) is 56.8 Å². The zero-order valence-corrected chi connectivity index (χ0v) is 14.3. The molecule has 0 bridgehead atoms. The maximum atomic E-state index is 12.5. The highest BCUT2D eigenvalue weighted by molar-refractivity contribution is 5.77. The van der Waals surface area contributed by atoms with E-state index in [2.05, 4.69) is 48.6 Å². The Kier molecular flexibility index (Phi) is 5.02. The van der Waals surface area contributed by atoms with Gasteiger partial charge < -0.3 is 15.0 Å². The molecule has 2 aliphatic rings. The van der Waals surface area contributed by atoms with Crippen LogP contribution in [0.3, 0.4) is 0 Å². The van der Waals surface area contributed by atoms with Gasteiger partial charge in [0.05, 0.1) is 0 Å². The van der Waals surface area contributed by atoms with Crippen LogP contribution in [0.4, 0.5) is 0 Å². The van der Waals surface area contributed by atoms with Gasteiger partial charge in [-0.1, -0.05) is 24.3 Å². The molecule has 1 aliphatic heterocycles. The Morgan fingerprint density at radius 2 is 2.04 bits per heavy atom. The van der Waals surface area contributed by atoms with E-state index in [4.69, 9.17) is 4.74 Å². The summed E-state index contributed by atoms with van der Waals surface area (Å²) in [6.07, 6.45) is 4.77. The van der Waals surface area contributed by atoms with Crippen LogP contribution in [0.25, 0.3) is 0 Å². The van der Waals surface area contributed by atoms with E-state index in [9.17, 15) is 4.79 Å². The zero-order chi connectivity index (χ0) is 16.3. The van der Waals surface area contributed by atoms with Gasteiger partial charge in [-0.15, -0.1) is 0 Å². The molecule has 0 radical (unpaired) electrons. The summed E-state index contributed by atoms with van der Waals surface area (Å²) < 4.78 is 5.49. The number of hydrogen-bond donors (Lipinski definition) is 1. The Balaban J connectivity index is 1.56. The molecule has 1 aliphatic carbocycles. The molecule has 1 saturated heterocycles. The molecule has 23 heavy (non-hydrogen) atoms. The monoisotopic (exact) mass is 316 g/mol. The van der Waals surface area contributed by atoms with E-state index < -0.39 is 0 Å². The number of amides is 1. The van der Waals surface area contributed by atoms with Crippen LogP contribution in [0, 0.1) is 0 Å². The van der Waals surface area contributed by atoms with Gasteiger partial charge in [0.25, 0.3) is 0 Å². The quantitative estimate of drug-likeness (QED) is 0.906. The van der Waals surface area contributed by atoms with Crippen LogP contribution in [-0.4, -0.2) is 50.2 Å². The van der Waals surface area contributed by atoms with E-state index in [0.29, 0.717) is 12.3 Å². The predicted octanol–water partition coefficient (Wildman–Crippen LogP) is 2.33. The average molecular weight is 316 g/mol. The number of benzene rings is 1. The van der Waals surface area contributed by atoms with Crippen molar-refractivity contribution >= 4 is 5.91 Å². The Hall–Kier alpha value is -1.39. The molecule has 1 fully saturated rings. The van der Waals surface area contributed by atoms with Crippen molar-refractivity contribution in [1.82, 2.24) is 10.2 Å². The molecule has 1 aromatic carbocycles. The molecule has 3 rings (SSSR count). The van der Waals surface area contributed by atoms with Crippen LogP contribution >= 0.6 is 0 Å². The number of fused-ring (bicyclic) bond motifs is 1. The molecule has 1 amide bonds. The number of ether oxygens (including phenoxy) is 1. The van der Waals surface area contributed by atoms with Gasteiger partial charge in [-0.25, -0.2) is 0 Å². The van der Waals surface area contributed by atoms with E-state index in [-0.39, 0.29) is 11.4 Å². The van der Waals surface area contributed by atoms with Crippen molar-refractivity contribution in [3.63, 3.8) is 0 Å². The smallest absolute Gasteiger partial charge is 0.220 e. The van der Waals surface area contributed by atoms with Gasteiger partial charge in [0, 0.05) is 31.7 Å². The fourth-order valence-corrected chi connectivity index (χ4v) is 3.95. The normalized spacial score (nSPS) is 22.8. The van der Waals surface area contributed by atoms with E-state index in [0.717, 1.165) is 45.4 Å². The fourth-order valence-electron chi connectivity index (χ4n) is 3.95. The average Bonchev–Trinajstić information content (AvgIpc) is 2.97. The first-order chi connectivity index (χ1) is 11.1.